The smallest absolute Gasteiger partial charge is 0.197 e. The molecule has 0 radical (unpaired) electrons. The van der Waals surface area contributed by atoms with Crippen molar-refractivity contribution in [1.29, 1.82) is 0 Å². The molecule has 3 aromatic rings. The third kappa shape index (κ3) is 4.36. The minimum atomic E-state index is -1.05. The van der Waals surface area contributed by atoms with Crippen LogP contribution >= 0.6 is 0 Å². The van der Waals surface area contributed by atoms with Crippen LogP contribution in [-0.4, -0.2) is 6.15 Å². The molecule has 0 bridgehead atoms. The summed E-state index contributed by atoms with van der Waals surface area (Å²) < 4.78 is 0. The molecule has 0 aromatic heterocycles. The summed E-state index contributed by atoms with van der Waals surface area (Å²) in [6.07, 6.45) is 2.59. The molecule has 0 unspecified atom stereocenters. The fraction of sp³-hybridized carbons (Fsp3) is 0.357. The van der Waals surface area contributed by atoms with E-state index in [1.54, 1.807) is 0 Å². The number of hydrogen-bond acceptors (Lipinski definition) is 0. The molecule has 3 aromatic carbocycles. The van der Waals surface area contributed by atoms with E-state index in [0.29, 0.717) is 0 Å². The Kier molecular flexibility index (Phi) is 8.63. The Morgan fingerprint density at radius 2 is 0.900 bits per heavy atom. The molecule has 0 aliphatic heterocycles. The van der Waals surface area contributed by atoms with Gasteiger partial charge in [0.05, 0.1) is 6.15 Å². The van der Waals surface area contributed by atoms with Gasteiger partial charge >= 0.3 is 29.6 Å². The van der Waals surface area contributed by atoms with E-state index in [-0.39, 0.29) is 29.6 Å². The van der Waals surface area contributed by atoms with E-state index in [2.05, 4.69) is 103 Å². The van der Waals surface area contributed by atoms with Crippen LogP contribution in [0.4, 0.5) is 0 Å². The maximum Gasteiger partial charge on any atom is 1.00 e. The van der Waals surface area contributed by atoms with Crippen LogP contribution in [0.3, 0.4) is 0 Å². The average Bonchev–Trinajstić information content (AvgIpc) is 2.70. The minimum Gasteiger partial charge on any atom is -0.197 e. The molecule has 152 valence electrons. The van der Waals surface area contributed by atoms with Gasteiger partial charge < -0.3 is 0 Å². The molecule has 2 heteroatoms. The van der Waals surface area contributed by atoms with E-state index in [4.69, 9.17) is 0 Å². The monoisotopic (exact) mass is 406 g/mol. The fourth-order valence-electron chi connectivity index (χ4n) is 5.40. The molecule has 0 aliphatic carbocycles. The van der Waals surface area contributed by atoms with Gasteiger partial charge in [-0.2, -0.15) is 22.7 Å². The van der Waals surface area contributed by atoms with Crippen LogP contribution in [0.2, 0.25) is 6.32 Å². The molecule has 0 spiro atoms. The molecular formula is C28H36BNa. The van der Waals surface area contributed by atoms with Crippen molar-refractivity contribution in [2.45, 2.75) is 67.6 Å². The Labute approximate surface area is 206 Å². The zero-order valence-corrected chi connectivity index (χ0v) is 22.4. The number of rotatable bonds is 6. The second-order valence-electron chi connectivity index (χ2n) is 9.06. The third-order valence-corrected chi connectivity index (χ3v) is 7.52. The second-order valence-corrected chi connectivity index (χ2v) is 9.06. The van der Waals surface area contributed by atoms with E-state index in [1.807, 2.05) is 0 Å². The summed E-state index contributed by atoms with van der Waals surface area (Å²) >= 11 is 0. The molecule has 3 rings (SSSR count). The van der Waals surface area contributed by atoms with E-state index < -0.39 is 6.15 Å². The van der Waals surface area contributed by atoms with Crippen LogP contribution in [-0.2, 0) is 0 Å². The summed E-state index contributed by atoms with van der Waals surface area (Å²) in [5.41, 5.74) is 13.1. The summed E-state index contributed by atoms with van der Waals surface area (Å²) in [4.78, 5) is 0. The van der Waals surface area contributed by atoms with Crippen LogP contribution in [0.15, 0.2) is 54.6 Å². The van der Waals surface area contributed by atoms with Crippen LogP contribution in [0.5, 0.6) is 0 Å². The van der Waals surface area contributed by atoms with E-state index >= 15 is 0 Å². The van der Waals surface area contributed by atoms with Gasteiger partial charge in [0.15, 0.2) is 0 Å². The first kappa shape index (κ1) is 25.0. The summed E-state index contributed by atoms with van der Waals surface area (Å²) in [5.74, 6) is 0. The Balaban J connectivity index is 0.00000320. The normalized spacial score (nSPS) is 11.3. The molecule has 0 atom stereocenters. The quantitative estimate of drug-likeness (QED) is 0.553. The predicted octanol–water partition coefficient (Wildman–Crippen LogP) is 2.81. The molecule has 30 heavy (non-hydrogen) atoms. The van der Waals surface area contributed by atoms with Crippen LogP contribution in [0.25, 0.3) is 0 Å². The Bertz CT molecular complexity index is 894. The number of benzene rings is 3. The zero-order valence-electron chi connectivity index (χ0n) is 20.4. The molecule has 0 heterocycles. The SMILES string of the molecule is CCCC[B-](c1cccc(C)c1C)(c1cccc(C)c1C)c1cccc(C)c1C.[Na+]. The second kappa shape index (κ2) is 10.4. The van der Waals surface area contributed by atoms with Gasteiger partial charge in [-0.1, -0.05) is 108 Å². The average molecular weight is 406 g/mol. The molecule has 0 nitrogen and oxygen atoms in total. The summed E-state index contributed by atoms with van der Waals surface area (Å²) in [6.45, 7) is 16.1. The van der Waals surface area contributed by atoms with Crippen molar-refractivity contribution < 1.29 is 29.6 Å². The molecule has 0 fully saturated rings. The van der Waals surface area contributed by atoms with Crippen LogP contribution in [0, 0.1) is 41.5 Å². The Hall–Kier alpha value is -1.28. The Morgan fingerprint density at radius 1 is 0.567 bits per heavy atom. The van der Waals surface area contributed by atoms with Gasteiger partial charge in [-0.15, -0.1) is 0 Å². The van der Waals surface area contributed by atoms with Crippen molar-refractivity contribution in [3.8, 4) is 0 Å². The predicted molar refractivity (Wildman–Crippen MR) is 132 cm³/mol. The molecule has 0 amide bonds. The van der Waals surface area contributed by atoms with Crippen molar-refractivity contribution in [2.24, 2.45) is 0 Å². The van der Waals surface area contributed by atoms with Gasteiger partial charge in [0.25, 0.3) is 0 Å². The summed E-state index contributed by atoms with van der Waals surface area (Å²) in [6, 6.07) is 20.8. The summed E-state index contributed by atoms with van der Waals surface area (Å²) in [7, 11) is 0. The van der Waals surface area contributed by atoms with Gasteiger partial charge in [0.2, 0.25) is 0 Å². The summed E-state index contributed by atoms with van der Waals surface area (Å²) in [5, 5.41) is 0. The van der Waals surface area contributed by atoms with Crippen molar-refractivity contribution in [3.63, 3.8) is 0 Å². The topological polar surface area (TPSA) is 0 Å². The zero-order chi connectivity index (χ0) is 21.2. The number of aryl methyl sites for hydroxylation is 3. The van der Waals surface area contributed by atoms with Crippen molar-refractivity contribution in [3.05, 3.63) is 88.0 Å². The first-order valence-corrected chi connectivity index (χ1v) is 11.2. The molecule has 0 saturated carbocycles. The van der Waals surface area contributed by atoms with Crippen molar-refractivity contribution in [2.75, 3.05) is 0 Å². The van der Waals surface area contributed by atoms with Crippen molar-refractivity contribution in [1.82, 2.24) is 0 Å². The van der Waals surface area contributed by atoms with Gasteiger partial charge in [-0.25, -0.2) is 0 Å². The Morgan fingerprint density at radius 3 is 1.20 bits per heavy atom. The standard InChI is InChI=1S/C28H36B.Na/c1-8-9-19-29(26-16-10-13-20(2)23(26)5,27-17-11-14-21(3)24(27)6)28-18-12-15-22(4)25(28)7;/h10-18H,8-9,19H2,1-7H3;/q-1;+1. The van der Waals surface area contributed by atoms with Gasteiger partial charge in [-0.3, -0.25) is 0 Å². The largest absolute Gasteiger partial charge is 1.00 e. The maximum absolute atomic E-state index is 2.40. The third-order valence-electron chi connectivity index (χ3n) is 7.52. The number of hydrogen-bond donors (Lipinski definition) is 0. The van der Waals surface area contributed by atoms with Crippen LogP contribution in [0.1, 0.15) is 53.1 Å². The molecule has 0 N–H and O–H groups in total. The molecule has 0 saturated heterocycles. The number of unbranched alkanes of at least 4 members (excludes halogenated alkanes) is 1. The van der Waals surface area contributed by atoms with E-state index in [9.17, 15) is 0 Å². The first-order valence-electron chi connectivity index (χ1n) is 11.2. The van der Waals surface area contributed by atoms with E-state index in [1.165, 1.54) is 68.9 Å². The first-order chi connectivity index (χ1) is 13.8. The van der Waals surface area contributed by atoms with E-state index in [0.717, 1.165) is 0 Å². The molecule has 0 aliphatic rings. The molecular weight excluding hydrogens is 370 g/mol. The van der Waals surface area contributed by atoms with Gasteiger partial charge in [0.1, 0.15) is 0 Å². The van der Waals surface area contributed by atoms with Gasteiger partial charge in [0, 0.05) is 0 Å². The fourth-order valence-corrected chi connectivity index (χ4v) is 5.40. The maximum atomic E-state index is 2.40. The minimum absolute atomic E-state index is 0. The van der Waals surface area contributed by atoms with Crippen LogP contribution < -0.4 is 45.9 Å². The van der Waals surface area contributed by atoms with Crippen molar-refractivity contribution >= 4 is 22.5 Å². The van der Waals surface area contributed by atoms with Gasteiger partial charge in [-0.05, 0) is 41.5 Å².